The van der Waals surface area contributed by atoms with Gasteiger partial charge in [0.05, 0.1) is 9.92 Å². The minimum Gasteiger partial charge on any atom is -0.388 e. The topological polar surface area (TPSA) is 105 Å². The zero-order chi connectivity index (χ0) is 27.2. The summed E-state index contributed by atoms with van der Waals surface area (Å²) in [6.45, 7) is 5.25. The van der Waals surface area contributed by atoms with Crippen LogP contribution in [-0.2, 0) is 11.0 Å². The molecule has 1 unspecified atom stereocenters. The van der Waals surface area contributed by atoms with Crippen LogP contribution in [0.15, 0.2) is 94.2 Å². The Kier molecular flexibility index (Phi) is 8.39. The lowest BCUT2D eigenvalue weighted by atomic mass is 10.0. The third-order valence-electron chi connectivity index (χ3n) is 5.57. The molecule has 2 heterocycles. The standard InChI is InChI=1S/C27H24FN5O3S2/c1-4-25(37-5-2)38(36)32-27(35)31-19-7-9-24(23(28)15-19)33-16-22(17-10-12-30-13-11-17)21-14-18(29-3)6-8-20(21)26(33)34/h4-16,29H,2H2,1,3H3,(H2,31,32,35)/b25-4+. The van der Waals surface area contributed by atoms with E-state index in [1.54, 1.807) is 50.8 Å². The van der Waals surface area contributed by atoms with E-state index in [1.807, 2.05) is 18.2 Å². The smallest absolute Gasteiger partial charge is 0.331 e. The molecule has 2 amide bonds. The summed E-state index contributed by atoms with van der Waals surface area (Å²) >= 11 is 1.12. The molecule has 4 aromatic rings. The molecular formula is C27H24FN5O3S2. The van der Waals surface area contributed by atoms with Crippen LogP contribution in [0.2, 0.25) is 0 Å². The van der Waals surface area contributed by atoms with Crippen LogP contribution in [0, 0.1) is 5.82 Å². The number of nitrogens with zero attached hydrogens (tertiary/aromatic N) is 2. The Morgan fingerprint density at radius 3 is 2.50 bits per heavy atom. The Bertz CT molecular complexity index is 1640. The number of carbonyl (C=O) groups is 1. The van der Waals surface area contributed by atoms with Gasteiger partial charge in [-0.1, -0.05) is 24.4 Å². The number of hydrogen-bond acceptors (Lipinski definition) is 6. The predicted molar refractivity (Wildman–Crippen MR) is 154 cm³/mol. The second kappa shape index (κ2) is 11.9. The Morgan fingerprint density at radius 2 is 1.84 bits per heavy atom. The van der Waals surface area contributed by atoms with Crippen molar-refractivity contribution in [3.63, 3.8) is 0 Å². The lowest BCUT2D eigenvalue weighted by Crippen LogP contribution is -2.30. The monoisotopic (exact) mass is 549 g/mol. The number of hydrogen-bond donors (Lipinski definition) is 3. The van der Waals surface area contributed by atoms with Gasteiger partial charge in [-0.2, -0.15) is 0 Å². The van der Waals surface area contributed by atoms with Gasteiger partial charge in [-0.3, -0.25) is 19.1 Å². The molecule has 0 bridgehead atoms. The van der Waals surface area contributed by atoms with Gasteiger partial charge in [0, 0.05) is 48.0 Å². The minimum atomic E-state index is -1.80. The average molecular weight is 550 g/mol. The Hall–Kier alpha value is -4.22. The maximum Gasteiger partial charge on any atom is 0.331 e. The number of halogens is 1. The highest BCUT2D eigenvalue weighted by Crippen LogP contribution is 2.30. The lowest BCUT2D eigenvalue weighted by Gasteiger charge is -2.15. The fraction of sp³-hybridized carbons (Fsp3) is 0.0741. The molecule has 3 N–H and O–H groups in total. The first-order valence-electron chi connectivity index (χ1n) is 11.4. The third-order valence-corrected chi connectivity index (χ3v) is 7.91. The van der Waals surface area contributed by atoms with Gasteiger partial charge >= 0.3 is 6.03 Å². The van der Waals surface area contributed by atoms with Gasteiger partial charge < -0.3 is 10.6 Å². The zero-order valence-corrected chi connectivity index (χ0v) is 22.2. The number of allylic oxidation sites excluding steroid dienone is 1. The Balaban J connectivity index is 1.71. The van der Waals surface area contributed by atoms with E-state index in [-0.39, 0.29) is 11.4 Å². The number of thioether (sulfide) groups is 1. The van der Waals surface area contributed by atoms with Crippen molar-refractivity contribution in [2.75, 3.05) is 17.7 Å². The first-order valence-corrected chi connectivity index (χ1v) is 13.4. The zero-order valence-electron chi connectivity index (χ0n) is 20.5. The summed E-state index contributed by atoms with van der Waals surface area (Å²) in [6, 6.07) is 12.2. The van der Waals surface area contributed by atoms with E-state index < -0.39 is 28.4 Å². The summed E-state index contributed by atoms with van der Waals surface area (Å²) < 4.78 is 31.6. The molecule has 0 fully saturated rings. The summed E-state index contributed by atoms with van der Waals surface area (Å²) in [5, 5.41) is 8.16. The fourth-order valence-corrected chi connectivity index (χ4v) is 5.32. The number of carbonyl (C=O) groups excluding carboxylic acids is 1. The molecule has 4 rings (SSSR count). The van der Waals surface area contributed by atoms with Gasteiger partial charge in [0.15, 0.2) is 11.0 Å². The molecule has 0 saturated heterocycles. The Labute approximate surface area is 225 Å². The first kappa shape index (κ1) is 26.8. The predicted octanol–water partition coefficient (Wildman–Crippen LogP) is 5.76. The van der Waals surface area contributed by atoms with Gasteiger partial charge in [-0.25, -0.2) is 13.4 Å². The number of aromatic nitrogens is 2. The molecule has 38 heavy (non-hydrogen) atoms. The molecule has 0 aliphatic carbocycles. The van der Waals surface area contributed by atoms with E-state index in [2.05, 4.69) is 26.9 Å². The molecule has 1 atom stereocenters. The van der Waals surface area contributed by atoms with E-state index in [0.717, 1.165) is 34.6 Å². The number of amides is 2. The van der Waals surface area contributed by atoms with Crippen molar-refractivity contribution in [2.45, 2.75) is 6.92 Å². The third kappa shape index (κ3) is 5.68. The van der Waals surface area contributed by atoms with Crippen LogP contribution in [0.5, 0.6) is 0 Å². The van der Waals surface area contributed by atoms with Gasteiger partial charge in [0.25, 0.3) is 5.56 Å². The second-order valence-corrected chi connectivity index (χ2v) is 10.3. The molecular weight excluding hydrogens is 525 g/mol. The van der Waals surface area contributed by atoms with Gasteiger partial charge in [-0.15, -0.1) is 0 Å². The van der Waals surface area contributed by atoms with Crippen molar-refractivity contribution < 1.29 is 13.4 Å². The second-order valence-electron chi connectivity index (χ2n) is 7.85. The summed E-state index contributed by atoms with van der Waals surface area (Å²) in [7, 11) is -0.00954. The molecule has 194 valence electrons. The average Bonchev–Trinajstić information content (AvgIpc) is 2.92. The molecule has 0 saturated carbocycles. The van der Waals surface area contributed by atoms with Crippen LogP contribution in [-0.4, -0.2) is 26.8 Å². The van der Waals surface area contributed by atoms with Crippen LogP contribution >= 0.6 is 11.8 Å². The highest BCUT2D eigenvalue weighted by atomic mass is 32.2. The van der Waals surface area contributed by atoms with E-state index >= 15 is 4.39 Å². The SMILES string of the molecule is C=CS/C(=C\C)S(=O)NC(=O)Nc1ccc(-n2cc(-c3ccncc3)c3cc(NC)ccc3c2=O)c(F)c1. The van der Waals surface area contributed by atoms with Crippen LogP contribution in [0.3, 0.4) is 0 Å². The van der Waals surface area contributed by atoms with Crippen LogP contribution < -0.4 is 20.9 Å². The van der Waals surface area contributed by atoms with Gasteiger partial charge in [0.1, 0.15) is 5.82 Å². The number of urea groups is 1. The van der Waals surface area contributed by atoms with Crippen LogP contribution in [0.25, 0.3) is 27.6 Å². The van der Waals surface area contributed by atoms with Crippen LogP contribution in [0.1, 0.15) is 6.92 Å². The molecule has 11 heteroatoms. The highest BCUT2D eigenvalue weighted by Gasteiger charge is 2.16. The summed E-state index contributed by atoms with van der Waals surface area (Å²) in [5.74, 6) is -0.728. The van der Waals surface area contributed by atoms with Crippen LogP contribution in [0.4, 0.5) is 20.6 Å². The molecule has 2 aromatic heterocycles. The maximum atomic E-state index is 15.3. The highest BCUT2D eigenvalue weighted by molar-refractivity contribution is 8.17. The van der Waals surface area contributed by atoms with E-state index in [9.17, 15) is 13.8 Å². The van der Waals surface area contributed by atoms with E-state index in [0.29, 0.717) is 15.0 Å². The summed E-state index contributed by atoms with van der Waals surface area (Å²) in [6.07, 6.45) is 6.48. The first-order chi connectivity index (χ1) is 18.4. The lowest BCUT2D eigenvalue weighted by molar-refractivity contribution is 0.257. The van der Waals surface area contributed by atoms with Crippen molar-refractivity contribution in [1.82, 2.24) is 14.3 Å². The number of fused-ring (bicyclic) bond motifs is 1. The van der Waals surface area contributed by atoms with Crippen molar-refractivity contribution >= 4 is 50.9 Å². The largest absolute Gasteiger partial charge is 0.388 e. The van der Waals surface area contributed by atoms with Crippen molar-refractivity contribution in [3.8, 4) is 16.8 Å². The number of nitrogens with one attached hydrogen (secondary N) is 3. The van der Waals surface area contributed by atoms with Crippen molar-refractivity contribution in [1.29, 1.82) is 0 Å². The van der Waals surface area contributed by atoms with Crippen molar-refractivity contribution in [3.05, 3.63) is 106 Å². The normalized spacial score (nSPS) is 12.1. The van der Waals surface area contributed by atoms with E-state index in [1.165, 1.54) is 22.1 Å². The number of anilines is 2. The molecule has 0 aliphatic heterocycles. The fourth-order valence-electron chi connectivity index (χ4n) is 3.81. The van der Waals surface area contributed by atoms with Gasteiger partial charge in [0.2, 0.25) is 0 Å². The summed E-state index contributed by atoms with van der Waals surface area (Å²) in [4.78, 5) is 29.8. The molecule has 0 spiro atoms. The molecule has 0 aliphatic rings. The quantitative estimate of drug-likeness (QED) is 0.258. The van der Waals surface area contributed by atoms with Gasteiger partial charge in [-0.05, 0) is 71.8 Å². The maximum absolute atomic E-state index is 15.3. The van der Waals surface area contributed by atoms with Crippen molar-refractivity contribution in [2.24, 2.45) is 0 Å². The number of pyridine rings is 2. The molecule has 8 nitrogen and oxygen atoms in total. The minimum absolute atomic E-state index is 0.0121. The number of rotatable bonds is 8. The number of benzene rings is 2. The molecule has 0 radical (unpaired) electrons. The summed E-state index contributed by atoms with van der Waals surface area (Å²) in [5.41, 5.74) is 2.10. The molecule has 2 aromatic carbocycles. The van der Waals surface area contributed by atoms with E-state index in [4.69, 9.17) is 0 Å². The Morgan fingerprint density at radius 1 is 1.11 bits per heavy atom.